The fraction of sp³-hybridized carbons (Fsp3) is 0.235. The highest BCUT2D eigenvalue weighted by molar-refractivity contribution is 5.86. The van der Waals surface area contributed by atoms with Gasteiger partial charge < -0.3 is 16.0 Å². The summed E-state index contributed by atoms with van der Waals surface area (Å²) in [7, 11) is 0. The minimum absolute atomic E-state index is 0.322. The van der Waals surface area contributed by atoms with Gasteiger partial charge in [0, 0.05) is 18.0 Å². The number of nitrogens with zero attached hydrogens (tertiary/aromatic N) is 2. The summed E-state index contributed by atoms with van der Waals surface area (Å²) in [5.74, 6) is 0. The molecule has 0 saturated heterocycles. The van der Waals surface area contributed by atoms with E-state index in [0.29, 0.717) is 18.3 Å². The number of hydrogen-bond acceptors (Lipinski definition) is 3. The molecule has 4 heteroatoms. The van der Waals surface area contributed by atoms with Crippen molar-refractivity contribution in [2.24, 2.45) is 5.73 Å². The molecule has 0 fully saturated rings. The van der Waals surface area contributed by atoms with Gasteiger partial charge in [-0.3, -0.25) is 0 Å². The highest BCUT2D eigenvalue weighted by Crippen LogP contribution is 2.31. The lowest BCUT2D eigenvalue weighted by atomic mass is 10.1. The summed E-state index contributed by atoms with van der Waals surface area (Å²) < 4.78 is 2.24. The molecule has 2 aromatic heterocycles. The molecule has 0 aliphatic heterocycles. The van der Waals surface area contributed by atoms with Crippen LogP contribution >= 0.6 is 0 Å². The Bertz CT molecular complexity index is 769. The molecule has 0 saturated carbocycles. The molecule has 108 valence electrons. The average Bonchev–Trinajstić information content (AvgIpc) is 2.85. The van der Waals surface area contributed by atoms with E-state index in [1.54, 1.807) is 6.20 Å². The van der Waals surface area contributed by atoms with Crippen LogP contribution in [0.4, 0.5) is 5.69 Å². The van der Waals surface area contributed by atoms with Crippen molar-refractivity contribution in [3.8, 4) is 11.3 Å². The standard InChI is InChI=1S/C17H20N4/c1-11(2)21-16(13-5-3-12(9-18)4-6-13)8-14-7-15(19)10-20-17(14)21/h3-8,10-11H,9,18-19H2,1-2H3. The third-order valence-corrected chi connectivity index (χ3v) is 3.70. The second-order valence-corrected chi connectivity index (χ2v) is 5.58. The van der Waals surface area contributed by atoms with Crippen molar-refractivity contribution in [2.45, 2.75) is 26.4 Å². The van der Waals surface area contributed by atoms with Crippen LogP contribution in [0.25, 0.3) is 22.3 Å². The molecule has 1 aromatic carbocycles. The van der Waals surface area contributed by atoms with Gasteiger partial charge in [0.1, 0.15) is 5.65 Å². The molecule has 0 bridgehead atoms. The van der Waals surface area contributed by atoms with Crippen molar-refractivity contribution in [3.05, 3.63) is 48.2 Å². The Hall–Kier alpha value is -2.33. The minimum Gasteiger partial charge on any atom is -0.397 e. The van der Waals surface area contributed by atoms with Gasteiger partial charge >= 0.3 is 0 Å². The molecule has 21 heavy (non-hydrogen) atoms. The van der Waals surface area contributed by atoms with Crippen LogP contribution in [0.3, 0.4) is 0 Å². The van der Waals surface area contributed by atoms with Crippen molar-refractivity contribution >= 4 is 16.7 Å². The zero-order chi connectivity index (χ0) is 15.0. The predicted octanol–water partition coefficient (Wildman–Crippen LogP) is 3.33. The SMILES string of the molecule is CC(C)n1c(-c2ccc(CN)cc2)cc2cc(N)cnc21. The number of aromatic nitrogens is 2. The van der Waals surface area contributed by atoms with E-state index >= 15 is 0 Å². The molecule has 3 rings (SSSR count). The molecule has 0 spiro atoms. The van der Waals surface area contributed by atoms with Gasteiger partial charge in [0.2, 0.25) is 0 Å². The first-order chi connectivity index (χ1) is 10.1. The molecular weight excluding hydrogens is 260 g/mol. The first-order valence-corrected chi connectivity index (χ1v) is 7.16. The fourth-order valence-electron chi connectivity index (χ4n) is 2.69. The monoisotopic (exact) mass is 280 g/mol. The van der Waals surface area contributed by atoms with Gasteiger partial charge in [-0.15, -0.1) is 0 Å². The highest BCUT2D eigenvalue weighted by atomic mass is 15.1. The number of nitrogens with two attached hydrogens (primary N) is 2. The van der Waals surface area contributed by atoms with Crippen LogP contribution in [0.2, 0.25) is 0 Å². The van der Waals surface area contributed by atoms with Crippen LogP contribution in [-0.2, 0) is 6.54 Å². The van der Waals surface area contributed by atoms with Gasteiger partial charge in [0.05, 0.1) is 17.6 Å². The lowest BCUT2D eigenvalue weighted by molar-refractivity contribution is 0.624. The topological polar surface area (TPSA) is 69.9 Å². The summed E-state index contributed by atoms with van der Waals surface area (Å²) in [5.41, 5.74) is 16.6. The summed E-state index contributed by atoms with van der Waals surface area (Å²) in [6.07, 6.45) is 1.71. The Morgan fingerprint density at radius 2 is 1.86 bits per heavy atom. The zero-order valence-corrected chi connectivity index (χ0v) is 12.4. The van der Waals surface area contributed by atoms with Gasteiger partial charge in [0.15, 0.2) is 0 Å². The molecule has 0 radical (unpaired) electrons. The number of nitrogen functional groups attached to an aromatic ring is 1. The van der Waals surface area contributed by atoms with Gasteiger partial charge in [-0.2, -0.15) is 0 Å². The number of benzene rings is 1. The van der Waals surface area contributed by atoms with Crippen molar-refractivity contribution < 1.29 is 0 Å². The van der Waals surface area contributed by atoms with Crippen molar-refractivity contribution in [3.63, 3.8) is 0 Å². The molecule has 4 N–H and O–H groups in total. The predicted molar refractivity (Wildman–Crippen MR) is 87.9 cm³/mol. The summed E-state index contributed by atoms with van der Waals surface area (Å²) in [4.78, 5) is 4.50. The maximum Gasteiger partial charge on any atom is 0.140 e. The fourth-order valence-corrected chi connectivity index (χ4v) is 2.69. The first kappa shape index (κ1) is 13.6. The maximum absolute atomic E-state index is 5.85. The Balaban J connectivity index is 2.22. The third kappa shape index (κ3) is 2.38. The van der Waals surface area contributed by atoms with Gasteiger partial charge in [0.25, 0.3) is 0 Å². The van der Waals surface area contributed by atoms with E-state index in [1.165, 1.54) is 0 Å². The molecule has 0 aliphatic carbocycles. The van der Waals surface area contributed by atoms with E-state index < -0.39 is 0 Å². The van der Waals surface area contributed by atoms with E-state index in [-0.39, 0.29) is 0 Å². The highest BCUT2D eigenvalue weighted by Gasteiger charge is 2.14. The number of pyridine rings is 1. The number of anilines is 1. The quantitative estimate of drug-likeness (QED) is 0.773. The minimum atomic E-state index is 0.322. The van der Waals surface area contributed by atoms with E-state index in [1.807, 2.05) is 6.07 Å². The summed E-state index contributed by atoms with van der Waals surface area (Å²) in [5, 5.41) is 1.07. The van der Waals surface area contributed by atoms with Gasteiger partial charge in [-0.25, -0.2) is 4.98 Å². The summed E-state index contributed by atoms with van der Waals surface area (Å²) in [6.45, 7) is 4.88. The van der Waals surface area contributed by atoms with Crippen LogP contribution in [0.15, 0.2) is 42.6 Å². The van der Waals surface area contributed by atoms with E-state index in [9.17, 15) is 0 Å². The largest absolute Gasteiger partial charge is 0.397 e. The van der Waals surface area contributed by atoms with Crippen molar-refractivity contribution in [2.75, 3.05) is 5.73 Å². The lowest BCUT2D eigenvalue weighted by Crippen LogP contribution is -2.04. The smallest absolute Gasteiger partial charge is 0.140 e. The Morgan fingerprint density at radius 3 is 2.48 bits per heavy atom. The first-order valence-electron chi connectivity index (χ1n) is 7.16. The number of rotatable bonds is 3. The van der Waals surface area contributed by atoms with Gasteiger partial charge in [-0.1, -0.05) is 24.3 Å². The molecule has 4 nitrogen and oxygen atoms in total. The molecule has 0 amide bonds. The Morgan fingerprint density at radius 1 is 1.14 bits per heavy atom. The maximum atomic E-state index is 5.85. The second-order valence-electron chi connectivity index (χ2n) is 5.58. The molecule has 0 atom stereocenters. The third-order valence-electron chi connectivity index (χ3n) is 3.70. The molecule has 0 unspecified atom stereocenters. The van der Waals surface area contributed by atoms with Crippen LogP contribution in [0.5, 0.6) is 0 Å². The van der Waals surface area contributed by atoms with Crippen LogP contribution in [0, 0.1) is 0 Å². The number of fused-ring (bicyclic) bond motifs is 1. The normalized spacial score (nSPS) is 11.4. The zero-order valence-electron chi connectivity index (χ0n) is 12.4. The van der Waals surface area contributed by atoms with Crippen LogP contribution in [0.1, 0.15) is 25.5 Å². The van der Waals surface area contributed by atoms with E-state index in [2.05, 4.69) is 53.7 Å². The van der Waals surface area contributed by atoms with E-state index in [4.69, 9.17) is 11.5 Å². The average molecular weight is 280 g/mol. The summed E-state index contributed by atoms with van der Waals surface area (Å²) in [6, 6.07) is 12.8. The molecule has 2 heterocycles. The molecule has 3 aromatic rings. The Kier molecular flexibility index (Phi) is 3.39. The number of hydrogen-bond donors (Lipinski definition) is 2. The van der Waals surface area contributed by atoms with Crippen LogP contribution < -0.4 is 11.5 Å². The molecule has 0 aliphatic rings. The lowest BCUT2D eigenvalue weighted by Gasteiger charge is -2.14. The van der Waals surface area contributed by atoms with Crippen LogP contribution in [-0.4, -0.2) is 9.55 Å². The van der Waals surface area contributed by atoms with Crippen molar-refractivity contribution in [1.82, 2.24) is 9.55 Å². The second kappa shape index (κ2) is 5.22. The summed E-state index contributed by atoms with van der Waals surface area (Å²) >= 11 is 0. The van der Waals surface area contributed by atoms with Gasteiger partial charge in [-0.05, 0) is 37.1 Å². The molecular formula is C17H20N4. The van der Waals surface area contributed by atoms with Crippen molar-refractivity contribution in [1.29, 1.82) is 0 Å². The van der Waals surface area contributed by atoms with E-state index in [0.717, 1.165) is 27.9 Å². The Labute approximate surface area is 124 Å².